The minimum Gasteiger partial charge on any atom is -0.466 e. The summed E-state index contributed by atoms with van der Waals surface area (Å²) in [7, 11) is 0. The van der Waals surface area contributed by atoms with Gasteiger partial charge in [-0.05, 0) is 18.6 Å². The lowest BCUT2D eigenvalue weighted by Crippen LogP contribution is -2.41. The summed E-state index contributed by atoms with van der Waals surface area (Å²) in [6.07, 6.45) is 15.2. The fourth-order valence-electron chi connectivity index (χ4n) is 2.83. The van der Waals surface area contributed by atoms with Gasteiger partial charge in [-0.25, -0.2) is 0 Å². The predicted molar refractivity (Wildman–Crippen MR) is 112 cm³/mol. The van der Waals surface area contributed by atoms with E-state index in [-0.39, 0.29) is 12.8 Å². The van der Waals surface area contributed by atoms with Crippen molar-refractivity contribution in [2.75, 3.05) is 6.61 Å². The van der Waals surface area contributed by atoms with Gasteiger partial charge in [0.15, 0.2) is 0 Å². The highest BCUT2D eigenvalue weighted by Gasteiger charge is 2.10. The Morgan fingerprint density at radius 2 is 1.41 bits per heavy atom. The molecular formula is C22H35N3O4. The summed E-state index contributed by atoms with van der Waals surface area (Å²) in [4.78, 5) is 39.0. The van der Waals surface area contributed by atoms with E-state index in [0.717, 1.165) is 12.8 Å². The molecule has 0 spiro atoms. The third kappa shape index (κ3) is 13.4. The molecule has 1 aromatic rings. The number of nitrogens with zero attached hydrogens (tertiary/aromatic N) is 1. The molecule has 7 nitrogen and oxygen atoms in total. The molecule has 1 aromatic heterocycles. The van der Waals surface area contributed by atoms with E-state index in [1.165, 1.54) is 75.9 Å². The van der Waals surface area contributed by atoms with Gasteiger partial charge in [0.25, 0.3) is 5.91 Å². The highest BCUT2D eigenvalue weighted by molar-refractivity contribution is 5.95. The zero-order chi connectivity index (χ0) is 21.2. The number of hydrazine groups is 1. The largest absolute Gasteiger partial charge is 0.466 e. The number of ether oxygens (including phenoxy) is 1. The topological polar surface area (TPSA) is 97.4 Å². The molecule has 162 valence electrons. The quantitative estimate of drug-likeness (QED) is 0.260. The van der Waals surface area contributed by atoms with Gasteiger partial charge in [0.1, 0.15) is 0 Å². The van der Waals surface area contributed by atoms with Crippen LogP contribution in [0.5, 0.6) is 0 Å². The first-order valence-electron chi connectivity index (χ1n) is 10.8. The molecule has 1 heterocycles. The van der Waals surface area contributed by atoms with Gasteiger partial charge in [0.2, 0.25) is 5.91 Å². The summed E-state index contributed by atoms with van der Waals surface area (Å²) in [6.45, 7) is 2.63. The molecule has 0 bridgehead atoms. The third-order valence-electron chi connectivity index (χ3n) is 4.58. The van der Waals surface area contributed by atoms with E-state index in [9.17, 15) is 14.4 Å². The Morgan fingerprint density at radius 3 is 2.03 bits per heavy atom. The van der Waals surface area contributed by atoms with Gasteiger partial charge < -0.3 is 4.74 Å². The molecule has 2 N–H and O–H groups in total. The van der Waals surface area contributed by atoms with Crippen LogP contribution in [0.15, 0.2) is 24.5 Å². The fourth-order valence-corrected chi connectivity index (χ4v) is 2.83. The Hall–Kier alpha value is -2.44. The van der Waals surface area contributed by atoms with E-state index in [1.807, 2.05) is 0 Å². The molecule has 0 fully saturated rings. The number of pyridine rings is 1. The van der Waals surface area contributed by atoms with Gasteiger partial charge in [0, 0.05) is 24.4 Å². The Labute approximate surface area is 174 Å². The van der Waals surface area contributed by atoms with E-state index in [0.29, 0.717) is 12.2 Å². The molecule has 0 aromatic carbocycles. The van der Waals surface area contributed by atoms with E-state index >= 15 is 0 Å². The van der Waals surface area contributed by atoms with Crippen molar-refractivity contribution in [1.29, 1.82) is 0 Å². The van der Waals surface area contributed by atoms with Crippen molar-refractivity contribution in [2.24, 2.45) is 0 Å². The molecule has 0 aliphatic carbocycles. The molecule has 1 rings (SSSR count). The van der Waals surface area contributed by atoms with Crippen molar-refractivity contribution < 1.29 is 19.1 Å². The number of hydrogen-bond donors (Lipinski definition) is 2. The first-order chi connectivity index (χ1) is 14.1. The zero-order valence-electron chi connectivity index (χ0n) is 17.6. The maximum Gasteiger partial charge on any atom is 0.306 e. The minimum absolute atomic E-state index is 0.00524. The Morgan fingerprint density at radius 1 is 0.828 bits per heavy atom. The number of aromatic nitrogens is 1. The summed E-state index contributed by atoms with van der Waals surface area (Å²) in [5.41, 5.74) is 4.96. The Balaban J connectivity index is 1.94. The van der Waals surface area contributed by atoms with Crippen molar-refractivity contribution in [3.63, 3.8) is 0 Å². The maximum atomic E-state index is 11.8. The molecule has 2 amide bonds. The van der Waals surface area contributed by atoms with Crippen molar-refractivity contribution in [1.82, 2.24) is 15.8 Å². The van der Waals surface area contributed by atoms with Gasteiger partial charge in [-0.2, -0.15) is 0 Å². The van der Waals surface area contributed by atoms with Crippen LogP contribution in [-0.4, -0.2) is 29.4 Å². The lowest BCUT2D eigenvalue weighted by Gasteiger charge is -2.07. The van der Waals surface area contributed by atoms with Crippen LogP contribution in [0.3, 0.4) is 0 Å². The van der Waals surface area contributed by atoms with Gasteiger partial charge in [-0.1, -0.05) is 64.7 Å². The summed E-state index contributed by atoms with van der Waals surface area (Å²) in [5, 5.41) is 0. The number of rotatable bonds is 15. The molecule has 0 radical (unpaired) electrons. The number of hydrogen-bond acceptors (Lipinski definition) is 5. The maximum absolute atomic E-state index is 11.8. The lowest BCUT2D eigenvalue weighted by molar-refractivity contribution is -0.145. The molecule has 0 saturated carbocycles. The average molecular weight is 406 g/mol. The van der Waals surface area contributed by atoms with Gasteiger partial charge in [-0.15, -0.1) is 0 Å². The van der Waals surface area contributed by atoms with E-state index in [1.54, 1.807) is 0 Å². The predicted octanol–water partition coefficient (Wildman–Crippen LogP) is 4.09. The highest BCUT2D eigenvalue weighted by atomic mass is 16.5. The Kier molecular flexibility index (Phi) is 14.0. The van der Waals surface area contributed by atoms with E-state index < -0.39 is 17.8 Å². The van der Waals surface area contributed by atoms with Crippen LogP contribution < -0.4 is 10.9 Å². The first-order valence-corrected chi connectivity index (χ1v) is 10.8. The monoisotopic (exact) mass is 405 g/mol. The van der Waals surface area contributed by atoms with Crippen LogP contribution in [0.1, 0.15) is 94.3 Å². The van der Waals surface area contributed by atoms with Crippen LogP contribution in [0.25, 0.3) is 0 Å². The van der Waals surface area contributed by atoms with Crippen LogP contribution in [0, 0.1) is 0 Å². The van der Waals surface area contributed by atoms with Crippen molar-refractivity contribution >= 4 is 17.8 Å². The first kappa shape index (κ1) is 24.6. The smallest absolute Gasteiger partial charge is 0.306 e. The number of carbonyl (C=O) groups excluding carboxylic acids is 3. The van der Waals surface area contributed by atoms with Crippen LogP contribution in [0.2, 0.25) is 0 Å². The van der Waals surface area contributed by atoms with E-state index in [4.69, 9.17) is 4.74 Å². The average Bonchev–Trinajstić information content (AvgIpc) is 2.75. The molecule has 0 aliphatic heterocycles. The normalized spacial score (nSPS) is 10.4. The number of nitrogens with one attached hydrogen (secondary N) is 2. The van der Waals surface area contributed by atoms with Crippen molar-refractivity contribution in [2.45, 2.75) is 84.0 Å². The second-order valence-electron chi connectivity index (χ2n) is 7.14. The zero-order valence-corrected chi connectivity index (χ0v) is 17.6. The number of amides is 2. The molecule has 0 aliphatic rings. The minimum atomic E-state index is -0.441. The molecular weight excluding hydrogens is 370 g/mol. The van der Waals surface area contributed by atoms with Crippen LogP contribution in [-0.2, 0) is 14.3 Å². The van der Waals surface area contributed by atoms with E-state index in [2.05, 4.69) is 22.8 Å². The molecule has 0 saturated heterocycles. The highest BCUT2D eigenvalue weighted by Crippen LogP contribution is 2.10. The van der Waals surface area contributed by atoms with Crippen molar-refractivity contribution in [3.8, 4) is 0 Å². The second-order valence-corrected chi connectivity index (χ2v) is 7.14. The summed E-state index contributed by atoms with van der Waals surface area (Å²) >= 11 is 0. The molecule has 29 heavy (non-hydrogen) atoms. The summed E-state index contributed by atoms with van der Waals surface area (Å²) in [5.74, 6) is -1.27. The number of esters is 1. The number of carbonyl (C=O) groups is 3. The fraction of sp³-hybridized carbons (Fsp3) is 0.636. The molecule has 7 heteroatoms. The lowest BCUT2D eigenvalue weighted by atomic mass is 10.1. The van der Waals surface area contributed by atoms with Crippen LogP contribution in [0.4, 0.5) is 0 Å². The van der Waals surface area contributed by atoms with Crippen molar-refractivity contribution in [3.05, 3.63) is 30.1 Å². The molecule has 0 atom stereocenters. The third-order valence-corrected chi connectivity index (χ3v) is 4.58. The summed E-state index contributed by atoms with van der Waals surface area (Å²) in [6, 6.07) is 3.07. The van der Waals surface area contributed by atoms with Gasteiger partial charge in [0.05, 0.1) is 13.0 Å². The second kappa shape index (κ2) is 16.5. The van der Waals surface area contributed by atoms with Gasteiger partial charge >= 0.3 is 5.97 Å². The Bertz CT molecular complexity index is 593. The molecule has 0 unspecified atom stereocenters. The van der Waals surface area contributed by atoms with Crippen LogP contribution >= 0.6 is 0 Å². The van der Waals surface area contributed by atoms with Gasteiger partial charge in [-0.3, -0.25) is 30.2 Å². The number of unbranched alkanes of at least 4 members (excludes halogenated alkanes) is 9. The summed E-state index contributed by atoms with van der Waals surface area (Å²) < 4.78 is 5.15. The standard InChI is InChI=1S/C22H35N3O4/c1-2-3-4-5-6-7-8-9-10-11-18-29-21(27)13-12-20(26)24-25-22(28)19-14-16-23-17-15-19/h14-17H,2-13,18H2,1H3,(H,24,26)(H,25,28). The SMILES string of the molecule is CCCCCCCCCCCCOC(=O)CCC(=O)NNC(=O)c1ccncc1.